The van der Waals surface area contributed by atoms with E-state index >= 15 is 0 Å². The van der Waals surface area contributed by atoms with Crippen LogP contribution in [0, 0.1) is 13.8 Å². The maximum Gasteiger partial charge on any atom is 0.305 e. The van der Waals surface area contributed by atoms with Gasteiger partial charge in [-0.3, -0.25) is 14.5 Å². The second-order valence-electron chi connectivity index (χ2n) is 7.29. The molecule has 29 heavy (non-hydrogen) atoms. The summed E-state index contributed by atoms with van der Waals surface area (Å²) in [5.74, 6) is -0.212. The van der Waals surface area contributed by atoms with Crippen LogP contribution in [0.2, 0.25) is 0 Å². The van der Waals surface area contributed by atoms with Crippen molar-refractivity contribution in [3.8, 4) is 0 Å². The predicted octanol–water partition coefficient (Wildman–Crippen LogP) is 5.02. The Morgan fingerprint density at radius 1 is 1.21 bits per heavy atom. The lowest BCUT2D eigenvalue weighted by atomic mass is 10.1. The van der Waals surface area contributed by atoms with Crippen molar-refractivity contribution in [2.45, 2.75) is 65.0 Å². The van der Waals surface area contributed by atoms with Gasteiger partial charge >= 0.3 is 5.97 Å². The number of unbranched alkanes of at least 4 members (excludes halogenated alkanes) is 1. The number of para-hydroxylation sites is 1. The summed E-state index contributed by atoms with van der Waals surface area (Å²) in [4.78, 5) is 26.3. The molecule has 1 aromatic carbocycles. The number of hydrogen-bond acceptors (Lipinski definition) is 6. The van der Waals surface area contributed by atoms with Crippen molar-refractivity contribution in [2.24, 2.45) is 0 Å². The SMILES string of the molecule is CCC(CCCCC(=O)OCCN(CC)CC(=O)Nc1c(C)cccc1C)SS. The van der Waals surface area contributed by atoms with Gasteiger partial charge in [-0.15, -0.1) is 11.7 Å². The van der Waals surface area contributed by atoms with Crippen molar-refractivity contribution in [3.63, 3.8) is 0 Å². The fourth-order valence-electron chi connectivity index (χ4n) is 3.08. The lowest BCUT2D eigenvalue weighted by Crippen LogP contribution is -2.36. The zero-order chi connectivity index (χ0) is 21.6. The molecular weight excluding hydrogens is 404 g/mol. The number of nitrogens with zero attached hydrogens (tertiary/aromatic N) is 1. The number of thiol groups is 1. The number of rotatable bonds is 14. The maximum absolute atomic E-state index is 12.4. The number of likely N-dealkylation sites (N-methyl/N-ethyl adjacent to an activating group) is 1. The minimum Gasteiger partial charge on any atom is -0.464 e. The quantitative estimate of drug-likeness (QED) is 0.184. The molecule has 1 aromatic rings. The smallest absolute Gasteiger partial charge is 0.305 e. The van der Waals surface area contributed by atoms with Gasteiger partial charge in [-0.1, -0.05) is 49.3 Å². The molecule has 1 atom stereocenters. The summed E-state index contributed by atoms with van der Waals surface area (Å²) >= 11 is 4.27. The fourth-order valence-corrected chi connectivity index (χ4v) is 4.26. The number of carbonyl (C=O) groups is 2. The normalized spacial score (nSPS) is 12.1. The van der Waals surface area contributed by atoms with Crippen molar-refractivity contribution in [3.05, 3.63) is 29.3 Å². The molecular formula is C22H36N2O3S2. The molecule has 0 bridgehead atoms. The minimum atomic E-state index is -0.160. The van der Waals surface area contributed by atoms with E-state index in [1.807, 2.05) is 43.9 Å². The lowest BCUT2D eigenvalue weighted by Gasteiger charge is -2.20. The van der Waals surface area contributed by atoms with Gasteiger partial charge in [0.05, 0.1) is 6.54 Å². The first-order valence-corrected chi connectivity index (χ1v) is 12.4. The van der Waals surface area contributed by atoms with Crippen LogP contribution in [-0.2, 0) is 14.3 Å². The van der Waals surface area contributed by atoms with Gasteiger partial charge in [0.25, 0.3) is 0 Å². The van der Waals surface area contributed by atoms with Gasteiger partial charge in [0, 0.05) is 23.9 Å². The topological polar surface area (TPSA) is 58.6 Å². The summed E-state index contributed by atoms with van der Waals surface area (Å²) in [6.07, 6.45) is 4.49. The highest BCUT2D eigenvalue weighted by molar-refractivity contribution is 8.68. The second kappa shape index (κ2) is 14.7. The Balaban J connectivity index is 2.28. The largest absolute Gasteiger partial charge is 0.464 e. The minimum absolute atomic E-state index is 0.0527. The number of anilines is 1. The van der Waals surface area contributed by atoms with Gasteiger partial charge in [-0.25, -0.2) is 0 Å². The third-order valence-corrected chi connectivity index (χ3v) is 6.75. The first-order chi connectivity index (χ1) is 13.9. The number of nitrogens with one attached hydrogen (secondary N) is 1. The van der Waals surface area contributed by atoms with E-state index in [1.165, 1.54) is 0 Å². The number of esters is 1. The summed E-state index contributed by atoms with van der Waals surface area (Å²) in [5.41, 5.74) is 2.98. The van der Waals surface area contributed by atoms with Crippen molar-refractivity contribution >= 4 is 40.0 Å². The highest BCUT2D eigenvalue weighted by Crippen LogP contribution is 2.23. The molecule has 1 rings (SSSR count). The van der Waals surface area contributed by atoms with E-state index in [0.717, 1.165) is 49.0 Å². The number of amides is 1. The first kappa shape index (κ1) is 25.9. The van der Waals surface area contributed by atoms with Gasteiger partial charge in [0.15, 0.2) is 0 Å². The lowest BCUT2D eigenvalue weighted by molar-refractivity contribution is -0.144. The standard InChI is InChI=1S/C22H36N2O3S2/c1-5-19(29-28)12-7-8-13-21(26)27-15-14-24(6-2)16-20(25)23-22-17(3)10-9-11-18(22)4/h9-11,19,28H,5-8,12-16H2,1-4H3,(H,23,25). The number of carbonyl (C=O) groups excluding carboxylic acids is 2. The van der Waals surface area contributed by atoms with E-state index in [1.54, 1.807) is 10.8 Å². The van der Waals surface area contributed by atoms with Crippen LogP contribution in [0.5, 0.6) is 0 Å². The third kappa shape index (κ3) is 10.4. The Hall–Kier alpha value is -1.18. The number of aryl methyl sites for hydroxylation is 2. The molecule has 0 heterocycles. The van der Waals surface area contributed by atoms with Crippen LogP contribution in [0.25, 0.3) is 0 Å². The molecule has 0 aliphatic rings. The third-order valence-electron chi connectivity index (χ3n) is 4.99. The fraction of sp³-hybridized carbons (Fsp3) is 0.636. The van der Waals surface area contributed by atoms with E-state index in [4.69, 9.17) is 4.74 Å². The summed E-state index contributed by atoms with van der Waals surface area (Å²) in [6, 6.07) is 5.95. The van der Waals surface area contributed by atoms with Crippen LogP contribution >= 0.6 is 22.5 Å². The van der Waals surface area contributed by atoms with Gasteiger partial charge in [-0.2, -0.15) is 0 Å². The summed E-state index contributed by atoms with van der Waals surface area (Å²) in [5, 5.41) is 3.56. The molecule has 1 N–H and O–H groups in total. The van der Waals surface area contributed by atoms with E-state index in [0.29, 0.717) is 24.8 Å². The average molecular weight is 441 g/mol. The van der Waals surface area contributed by atoms with Crippen molar-refractivity contribution in [2.75, 3.05) is 31.6 Å². The monoisotopic (exact) mass is 440 g/mol. The molecule has 1 amide bonds. The maximum atomic E-state index is 12.4. The van der Waals surface area contributed by atoms with Gasteiger partial charge in [0.2, 0.25) is 5.91 Å². The Bertz CT molecular complexity index is 616. The highest BCUT2D eigenvalue weighted by Gasteiger charge is 2.13. The van der Waals surface area contributed by atoms with Crippen LogP contribution in [0.1, 0.15) is 57.1 Å². The molecule has 5 nitrogen and oxygen atoms in total. The van der Waals surface area contributed by atoms with Crippen LogP contribution < -0.4 is 5.32 Å². The molecule has 0 saturated carbocycles. The molecule has 1 unspecified atom stereocenters. The second-order valence-corrected chi connectivity index (χ2v) is 8.80. The summed E-state index contributed by atoms with van der Waals surface area (Å²) in [6.45, 7) is 9.99. The number of benzene rings is 1. The molecule has 0 fully saturated rings. The van der Waals surface area contributed by atoms with Gasteiger partial charge in [-0.05, 0) is 50.8 Å². The summed E-state index contributed by atoms with van der Waals surface area (Å²) in [7, 11) is 1.59. The zero-order valence-corrected chi connectivity index (χ0v) is 19.9. The Morgan fingerprint density at radius 3 is 2.48 bits per heavy atom. The predicted molar refractivity (Wildman–Crippen MR) is 127 cm³/mol. The molecule has 0 spiro atoms. The Kier molecular flexibility index (Phi) is 13.1. The van der Waals surface area contributed by atoms with Crippen molar-refractivity contribution in [1.29, 1.82) is 0 Å². The molecule has 0 aliphatic heterocycles. The molecule has 0 aliphatic carbocycles. The average Bonchev–Trinajstić information content (AvgIpc) is 2.70. The highest BCUT2D eigenvalue weighted by atomic mass is 33.1. The molecule has 7 heteroatoms. The molecule has 0 saturated heterocycles. The molecule has 0 aromatic heterocycles. The van der Waals surface area contributed by atoms with Crippen molar-refractivity contribution in [1.82, 2.24) is 4.90 Å². The van der Waals surface area contributed by atoms with Gasteiger partial charge < -0.3 is 10.1 Å². The van der Waals surface area contributed by atoms with E-state index in [2.05, 4.69) is 23.9 Å². The van der Waals surface area contributed by atoms with E-state index in [-0.39, 0.29) is 18.4 Å². The summed E-state index contributed by atoms with van der Waals surface area (Å²) < 4.78 is 5.34. The van der Waals surface area contributed by atoms with Crippen LogP contribution in [0.3, 0.4) is 0 Å². The Morgan fingerprint density at radius 2 is 1.90 bits per heavy atom. The molecule has 164 valence electrons. The first-order valence-electron chi connectivity index (χ1n) is 10.4. The number of ether oxygens (including phenoxy) is 1. The van der Waals surface area contributed by atoms with E-state index < -0.39 is 0 Å². The van der Waals surface area contributed by atoms with Crippen LogP contribution in [-0.4, -0.2) is 48.3 Å². The van der Waals surface area contributed by atoms with Crippen molar-refractivity contribution < 1.29 is 14.3 Å². The van der Waals surface area contributed by atoms with Crippen LogP contribution in [0.4, 0.5) is 5.69 Å². The zero-order valence-electron chi connectivity index (χ0n) is 18.2. The Labute approximate surface area is 185 Å². The molecule has 0 radical (unpaired) electrons. The van der Waals surface area contributed by atoms with Crippen LogP contribution in [0.15, 0.2) is 18.2 Å². The van der Waals surface area contributed by atoms with Gasteiger partial charge in [0.1, 0.15) is 6.61 Å². The van der Waals surface area contributed by atoms with E-state index in [9.17, 15) is 9.59 Å². The number of hydrogen-bond donors (Lipinski definition) is 2.